The molecule has 1 aromatic rings. The van der Waals surface area contributed by atoms with E-state index < -0.39 is 10.2 Å². The Morgan fingerprint density at radius 3 is 2.19 bits per heavy atom. The van der Waals surface area contributed by atoms with Crippen LogP contribution in [0.25, 0.3) is 0 Å². The highest BCUT2D eigenvalue weighted by molar-refractivity contribution is 7.86. The lowest BCUT2D eigenvalue weighted by Gasteiger charge is -2.39. The first-order chi connectivity index (χ1) is 12.9. The fourth-order valence-electron chi connectivity index (χ4n) is 4.07. The summed E-state index contributed by atoms with van der Waals surface area (Å²) in [5, 5.41) is 0. The molecule has 2 aliphatic heterocycles. The maximum absolute atomic E-state index is 13.0. The number of nitrogens with zero attached hydrogens (tertiary/aromatic N) is 2. The Bertz CT molecular complexity index is 689. The molecule has 2 fully saturated rings. The number of aryl methyl sites for hydroxylation is 1. The molecule has 0 aromatic heterocycles. The molecule has 0 radical (unpaired) electrons. The molecule has 1 aromatic carbocycles. The second-order valence-electron chi connectivity index (χ2n) is 7.81. The molecule has 2 aliphatic rings. The van der Waals surface area contributed by atoms with Gasteiger partial charge in [-0.05, 0) is 63.1 Å². The van der Waals surface area contributed by atoms with Gasteiger partial charge in [-0.1, -0.05) is 12.1 Å². The maximum atomic E-state index is 13.0. The average molecular weight is 397 g/mol. The smallest absolute Gasteiger partial charge is 0.282 e. The largest absolute Gasteiger partial charge is 0.497 e. The first-order valence-electron chi connectivity index (χ1n) is 9.92. The highest BCUT2D eigenvalue weighted by Crippen LogP contribution is 2.27. The van der Waals surface area contributed by atoms with Crippen LogP contribution in [0.15, 0.2) is 24.3 Å². The van der Waals surface area contributed by atoms with E-state index in [-0.39, 0.29) is 12.2 Å². The molecule has 152 valence electrons. The lowest BCUT2D eigenvalue weighted by molar-refractivity contribution is -0.0456. The molecule has 0 N–H and O–H groups in total. The molecule has 2 heterocycles. The van der Waals surface area contributed by atoms with Crippen molar-refractivity contribution in [2.45, 2.75) is 51.7 Å². The lowest BCUT2D eigenvalue weighted by atomic mass is 9.91. The molecule has 0 aliphatic carbocycles. The highest BCUT2D eigenvalue weighted by Gasteiger charge is 2.36. The predicted octanol–water partition coefficient (Wildman–Crippen LogP) is 2.69. The molecule has 3 rings (SSSR count). The first-order valence-corrected chi connectivity index (χ1v) is 11.3. The van der Waals surface area contributed by atoms with Crippen LogP contribution in [0, 0.1) is 5.92 Å². The van der Waals surface area contributed by atoms with Gasteiger partial charge in [0.15, 0.2) is 0 Å². The van der Waals surface area contributed by atoms with Crippen molar-refractivity contribution in [1.29, 1.82) is 0 Å². The van der Waals surface area contributed by atoms with E-state index in [1.165, 1.54) is 5.56 Å². The van der Waals surface area contributed by atoms with E-state index in [2.05, 4.69) is 12.1 Å². The molecule has 0 amide bonds. The van der Waals surface area contributed by atoms with E-state index in [0.29, 0.717) is 32.1 Å². The summed E-state index contributed by atoms with van der Waals surface area (Å²) >= 11 is 0. The zero-order valence-corrected chi connectivity index (χ0v) is 17.5. The lowest BCUT2D eigenvalue weighted by Crippen LogP contribution is -2.54. The maximum Gasteiger partial charge on any atom is 0.282 e. The Kier molecular flexibility index (Phi) is 6.78. The van der Waals surface area contributed by atoms with Gasteiger partial charge in [-0.3, -0.25) is 0 Å². The monoisotopic (exact) mass is 396 g/mol. The Balaban J connectivity index is 1.49. The molecular formula is C20H32N2O4S. The van der Waals surface area contributed by atoms with Crippen LogP contribution < -0.4 is 4.74 Å². The van der Waals surface area contributed by atoms with Gasteiger partial charge in [-0.15, -0.1) is 0 Å². The van der Waals surface area contributed by atoms with Gasteiger partial charge in [0.1, 0.15) is 5.75 Å². The van der Waals surface area contributed by atoms with E-state index in [1.807, 2.05) is 26.0 Å². The highest BCUT2D eigenvalue weighted by atomic mass is 32.2. The van der Waals surface area contributed by atoms with E-state index in [0.717, 1.165) is 31.4 Å². The van der Waals surface area contributed by atoms with Crippen molar-refractivity contribution in [3.63, 3.8) is 0 Å². The van der Waals surface area contributed by atoms with Gasteiger partial charge >= 0.3 is 0 Å². The Labute approximate surface area is 163 Å². The van der Waals surface area contributed by atoms with Crippen molar-refractivity contribution >= 4 is 10.2 Å². The van der Waals surface area contributed by atoms with Crippen molar-refractivity contribution in [1.82, 2.24) is 8.61 Å². The quantitative estimate of drug-likeness (QED) is 0.742. The molecule has 2 unspecified atom stereocenters. The van der Waals surface area contributed by atoms with Gasteiger partial charge in [0, 0.05) is 26.2 Å². The molecule has 0 spiro atoms. The van der Waals surface area contributed by atoms with Crippen LogP contribution in [0.3, 0.4) is 0 Å². The van der Waals surface area contributed by atoms with Crippen LogP contribution in [0.2, 0.25) is 0 Å². The fraction of sp³-hybridized carbons (Fsp3) is 0.700. The third kappa shape index (κ3) is 5.22. The number of methoxy groups -OCH3 is 1. The van der Waals surface area contributed by atoms with E-state index in [4.69, 9.17) is 9.47 Å². The van der Waals surface area contributed by atoms with E-state index in [9.17, 15) is 8.42 Å². The van der Waals surface area contributed by atoms with Gasteiger partial charge in [0.05, 0.1) is 19.3 Å². The van der Waals surface area contributed by atoms with E-state index >= 15 is 0 Å². The molecule has 6 nitrogen and oxygen atoms in total. The molecule has 27 heavy (non-hydrogen) atoms. The number of hydrogen-bond acceptors (Lipinski definition) is 4. The summed E-state index contributed by atoms with van der Waals surface area (Å²) in [6, 6.07) is 8.21. The van der Waals surface area contributed by atoms with Crippen LogP contribution in [-0.4, -0.2) is 62.5 Å². The number of piperidine rings is 1. The number of ether oxygens (including phenoxy) is 2. The topological polar surface area (TPSA) is 59.1 Å². The molecule has 7 heteroatoms. The van der Waals surface area contributed by atoms with Gasteiger partial charge in [-0.25, -0.2) is 0 Å². The zero-order valence-electron chi connectivity index (χ0n) is 16.6. The average Bonchev–Trinajstić information content (AvgIpc) is 2.66. The molecule has 2 atom stereocenters. The van der Waals surface area contributed by atoms with Gasteiger partial charge in [-0.2, -0.15) is 17.0 Å². The van der Waals surface area contributed by atoms with Crippen LogP contribution in [0.4, 0.5) is 0 Å². The minimum absolute atomic E-state index is 0.0504. The van der Waals surface area contributed by atoms with Crippen molar-refractivity contribution in [3.8, 4) is 5.75 Å². The number of hydrogen-bond donors (Lipinski definition) is 0. The van der Waals surface area contributed by atoms with Crippen molar-refractivity contribution < 1.29 is 17.9 Å². The number of morpholine rings is 1. The summed E-state index contributed by atoms with van der Waals surface area (Å²) in [5.74, 6) is 1.46. The Morgan fingerprint density at radius 1 is 1.04 bits per heavy atom. The number of rotatable bonds is 6. The van der Waals surface area contributed by atoms with Crippen LogP contribution in [0.5, 0.6) is 5.75 Å². The standard InChI is InChI=1S/C20H32N2O4S/c1-16-14-22(15-17(2)26-16)27(23,24)21-12-10-19(11-13-21)5-4-18-6-8-20(25-3)9-7-18/h6-9,16-17,19H,4-5,10-15H2,1-3H3. The van der Waals surface area contributed by atoms with Crippen LogP contribution in [-0.2, 0) is 21.4 Å². The molecule has 0 saturated carbocycles. The Hall–Kier alpha value is -1.15. The third-order valence-electron chi connectivity index (χ3n) is 5.61. The zero-order chi connectivity index (χ0) is 19.4. The third-order valence-corrected chi connectivity index (χ3v) is 7.58. The van der Waals surface area contributed by atoms with Gasteiger partial charge < -0.3 is 9.47 Å². The fourth-order valence-corrected chi connectivity index (χ4v) is 5.87. The molecule has 0 bridgehead atoms. The summed E-state index contributed by atoms with van der Waals surface area (Å²) in [6.45, 7) is 6.01. The van der Waals surface area contributed by atoms with Gasteiger partial charge in [0.2, 0.25) is 0 Å². The first kappa shape index (κ1) is 20.6. The van der Waals surface area contributed by atoms with Crippen molar-refractivity contribution in [2.75, 3.05) is 33.3 Å². The molecule has 2 saturated heterocycles. The van der Waals surface area contributed by atoms with Crippen molar-refractivity contribution in [3.05, 3.63) is 29.8 Å². The van der Waals surface area contributed by atoms with Crippen LogP contribution >= 0.6 is 0 Å². The summed E-state index contributed by atoms with van der Waals surface area (Å²) in [4.78, 5) is 0. The predicted molar refractivity (Wildman–Crippen MR) is 106 cm³/mol. The Morgan fingerprint density at radius 2 is 1.63 bits per heavy atom. The summed E-state index contributed by atoms with van der Waals surface area (Å²) in [7, 11) is -1.70. The summed E-state index contributed by atoms with van der Waals surface area (Å²) < 4.78 is 40.1. The van der Waals surface area contributed by atoms with E-state index in [1.54, 1.807) is 15.7 Å². The minimum atomic E-state index is -3.38. The second kappa shape index (κ2) is 8.90. The normalized spacial score (nSPS) is 26.2. The SMILES string of the molecule is COc1ccc(CCC2CCN(S(=O)(=O)N3CC(C)OC(C)C3)CC2)cc1. The van der Waals surface area contributed by atoms with Gasteiger partial charge in [0.25, 0.3) is 10.2 Å². The number of benzene rings is 1. The minimum Gasteiger partial charge on any atom is -0.497 e. The molecular weight excluding hydrogens is 364 g/mol. The summed E-state index contributed by atoms with van der Waals surface area (Å²) in [5.41, 5.74) is 1.31. The summed E-state index contributed by atoms with van der Waals surface area (Å²) in [6.07, 6.45) is 3.90. The second-order valence-corrected chi connectivity index (χ2v) is 9.74. The van der Waals surface area contributed by atoms with Crippen molar-refractivity contribution in [2.24, 2.45) is 5.92 Å². The van der Waals surface area contributed by atoms with Crippen LogP contribution in [0.1, 0.15) is 38.7 Å².